The molecule has 1 aromatic rings. The molecule has 2 aliphatic rings. The zero-order valence-corrected chi connectivity index (χ0v) is 15.3. The number of esters is 1. The molecule has 2 N–H and O–H groups in total. The lowest BCUT2D eigenvalue weighted by Gasteiger charge is -2.46. The summed E-state index contributed by atoms with van der Waals surface area (Å²) in [6, 6.07) is 6.09. The molecule has 0 bridgehead atoms. The van der Waals surface area contributed by atoms with Gasteiger partial charge in [0, 0.05) is 17.0 Å². The van der Waals surface area contributed by atoms with Gasteiger partial charge < -0.3 is 15.2 Å². The first-order valence-electron chi connectivity index (χ1n) is 8.24. The molecule has 0 heterocycles. The maximum Gasteiger partial charge on any atom is 0.331 e. The Balaban J connectivity index is 2.05. The molecule has 0 unspecified atom stereocenters. The molecule has 2 aliphatic carbocycles. The highest BCUT2D eigenvalue weighted by Gasteiger charge is 2.61. The molecule has 0 aromatic heterocycles. The van der Waals surface area contributed by atoms with Crippen molar-refractivity contribution in [2.24, 2.45) is 11.1 Å². The summed E-state index contributed by atoms with van der Waals surface area (Å²) in [5.74, 6) is -0.298. The topological polar surface area (TPSA) is 61.5 Å². The maximum atomic E-state index is 12.9. The molecule has 1 saturated carbocycles. The second-order valence-corrected chi connectivity index (χ2v) is 7.64. The van der Waals surface area contributed by atoms with Gasteiger partial charge in [-0.25, -0.2) is 4.79 Å². The Hall–Kier alpha value is -0.910. The minimum absolute atomic E-state index is 0.266. The number of fused-ring (bicyclic) bond motifs is 1. The van der Waals surface area contributed by atoms with Crippen molar-refractivity contribution in [3.8, 4) is 0 Å². The Morgan fingerprint density at radius 3 is 2.70 bits per heavy atom. The first-order chi connectivity index (χ1) is 11.0. The van der Waals surface area contributed by atoms with E-state index in [1.54, 1.807) is 7.11 Å². The van der Waals surface area contributed by atoms with E-state index in [0.717, 1.165) is 42.1 Å². The monoisotopic (exact) mass is 381 g/mol. The SMILES string of the molecule is CCOC(=O)[C@]1(N)c2cc(Br)ccc2CC12CCC(OC)CC2. The van der Waals surface area contributed by atoms with Crippen LogP contribution in [0.5, 0.6) is 0 Å². The lowest BCUT2D eigenvalue weighted by molar-refractivity contribution is -0.158. The molecule has 0 saturated heterocycles. The van der Waals surface area contributed by atoms with E-state index in [-0.39, 0.29) is 17.5 Å². The Kier molecular flexibility index (Phi) is 4.55. The van der Waals surface area contributed by atoms with Gasteiger partial charge >= 0.3 is 5.97 Å². The van der Waals surface area contributed by atoms with Gasteiger partial charge in [0.25, 0.3) is 0 Å². The van der Waals surface area contributed by atoms with E-state index in [9.17, 15) is 4.79 Å². The van der Waals surface area contributed by atoms with Crippen LogP contribution in [-0.4, -0.2) is 25.8 Å². The average molecular weight is 382 g/mol. The molecule has 1 aromatic carbocycles. The van der Waals surface area contributed by atoms with Crippen LogP contribution in [0.1, 0.15) is 43.7 Å². The fourth-order valence-corrected chi connectivity index (χ4v) is 4.74. The van der Waals surface area contributed by atoms with Gasteiger partial charge in [0.15, 0.2) is 0 Å². The maximum absolute atomic E-state index is 12.9. The summed E-state index contributed by atoms with van der Waals surface area (Å²) in [5.41, 5.74) is 7.58. The summed E-state index contributed by atoms with van der Waals surface area (Å²) in [6.45, 7) is 2.17. The Bertz CT molecular complexity index is 610. The molecule has 0 amide bonds. The molecule has 23 heavy (non-hydrogen) atoms. The molecule has 126 valence electrons. The lowest BCUT2D eigenvalue weighted by Crippen LogP contribution is -2.58. The van der Waals surface area contributed by atoms with Crippen LogP contribution in [0.25, 0.3) is 0 Å². The van der Waals surface area contributed by atoms with E-state index in [4.69, 9.17) is 15.2 Å². The minimum Gasteiger partial charge on any atom is -0.464 e. The molecule has 1 fully saturated rings. The van der Waals surface area contributed by atoms with Crippen LogP contribution in [0.2, 0.25) is 0 Å². The van der Waals surface area contributed by atoms with Gasteiger partial charge in [-0.05, 0) is 62.3 Å². The van der Waals surface area contributed by atoms with E-state index in [2.05, 4.69) is 22.0 Å². The van der Waals surface area contributed by atoms with Crippen molar-refractivity contribution in [2.75, 3.05) is 13.7 Å². The van der Waals surface area contributed by atoms with Crippen molar-refractivity contribution >= 4 is 21.9 Å². The third-order valence-electron chi connectivity index (χ3n) is 5.68. The zero-order valence-electron chi connectivity index (χ0n) is 13.7. The van der Waals surface area contributed by atoms with Crippen LogP contribution >= 0.6 is 15.9 Å². The highest BCUT2D eigenvalue weighted by atomic mass is 79.9. The van der Waals surface area contributed by atoms with E-state index >= 15 is 0 Å². The Morgan fingerprint density at radius 2 is 2.09 bits per heavy atom. The van der Waals surface area contributed by atoms with E-state index in [0.29, 0.717) is 6.61 Å². The smallest absolute Gasteiger partial charge is 0.331 e. The first kappa shape index (κ1) is 16.9. The summed E-state index contributed by atoms with van der Waals surface area (Å²) in [4.78, 5) is 12.9. The van der Waals surface area contributed by atoms with Gasteiger partial charge in [0.1, 0.15) is 5.54 Å². The number of methoxy groups -OCH3 is 1. The van der Waals surface area contributed by atoms with E-state index in [1.165, 1.54) is 5.56 Å². The predicted octanol–water partition coefficient (Wildman–Crippen LogP) is 3.30. The quantitative estimate of drug-likeness (QED) is 0.815. The molecular weight excluding hydrogens is 358 g/mol. The summed E-state index contributed by atoms with van der Waals surface area (Å²) >= 11 is 3.51. The zero-order chi connectivity index (χ0) is 16.7. The van der Waals surface area contributed by atoms with Crippen molar-refractivity contribution in [2.45, 2.75) is 50.7 Å². The predicted molar refractivity (Wildman–Crippen MR) is 92.0 cm³/mol. The molecule has 0 aliphatic heterocycles. The van der Waals surface area contributed by atoms with Gasteiger partial charge in [-0.2, -0.15) is 0 Å². The Labute approximate surface area is 145 Å². The van der Waals surface area contributed by atoms with Crippen LogP contribution in [0.3, 0.4) is 0 Å². The largest absolute Gasteiger partial charge is 0.464 e. The fourth-order valence-electron chi connectivity index (χ4n) is 4.38. The van der Waals surface area contributed by atoms with E-state index < -0.39 is 5.54 Å². The van der Waals surface area contributed by atoms with Crippen molar-refractivity contribution in [3.63, 3.8) is 0 Å². The van der Waals surface area contributed by atoms with Crippen LogP contribution in [0.15, 0.2) is 22.7 Å². The van der Waals surface area contributed by atoms with Gasteiger partial charge in [0.2, 0.25) is 0 Å². The number of hydrogen-bond donors (Lipinski definition) is 1. The number of carbonyl (C=O) groups excluding carboxylic acids is 1. The summed E-state index contributed by atoms with van der Waals surface area (Å²) < 4.78 is 11.8. The number of nitrogens with two attached hydrogens (primary N) is 1. The molecule has 5 heteroatoms. The molecule has 0 radical (unpaired) electrons. The number of ether oxygens (including phenoxy) is 2. The van der Waals surface area contributed by atoms with Gasteiger partial charge in [0.05, 0.1) is 12.7 Å². The van der Waals surface area contributed by atoms with Gasteiger partial charge in [-0.15, -0.1) is 0 Å². The number of halogens is 1. The Morgan fingerprint density at radius 1 is 1.39 bits per heavy atom. The second-order valence-electron chi connectivity index (χ2n) is 6.72. The highest BCUT2D eigenvalue weighted by Crippen LogP contribution is 2.57. The third-order valence-corrected chi connectivity index (χ3v) is 6.18. The number of carbonyl (C=O) groups is 1. The number of benzene rings is 1. The summed E-state index contributed by atoms with van der Waals surface area (Å²) in [5, 5.41) is 0. The van der Waals surface area contributed by atoms with Crippen LogP contribution < -0.4 is 5.73 Å². The fraction of sp³-hybridized carbons (Fsp3) is 0.611. The first-order valence-corrected chi connectivity index (χ1v) is 9.04. The van der Waals surface area contributed by atoms with Gasteiger partial charge in [-0.1, -0.05) is 22.0 Å². The van der Waals surface area contributed by atoms with Crippen LogP contribution in [-0.2, 0) is 26.2 Å². The van der Waals surface area contributed by atoms with Crippen molar-refractivity contribution in [3.05, 3.63) is 33.8 Å². The molecule has 1 spiro atoms. The molecular formula is C18H24BrNO3. The molecule has 3 rings (SSSR count). The van der Waals surface area contributed by atoms with E-state index in [1.807, 2.05) is 19.1 Å². The third kappa shape index (κ3) is 2.53. The normalized spacial score (nSPS) is 32.8. The van der Waals surface area contributed by atoms with Crippen molar-refractivity contribution in [1.29, 1.82) is 0 Å². The molecule has 4 nitrogen and oxygen atoms in total. The highest BCUT2D eigenvalue weighted by molar-refractivity contribution is 9.10. The summed E-state index contributed by atoms with van der Waals surface area (Å²) in [6.07, 6.45) is 4.73. The number of rotatable bonds is 3. The van der Waals surface area contributed by atoms with Crippen LogP contribution in [0, 0.1) is 5.41 Å². The lowest BCUT2D eigenvalue weighted by atomic mass is 9.62. The standard InChI is InChI=1S/C18H24BrNO3/c1-3-23-16(21)18(20)15-10-13(19)5-4-12(15)11-17(18)8-6-14(22-2)7-9-17/h4-5,10,14H,3,6-9,11,20H2,1-2H3/t14?,17?,18-/m1/s1. The van der Waals surface area contributed by atoms with Crippen LogP contribution in [0.4, 0.5) is 0 Å². The summed E-state index contributed by atoms with van der Waals surface area (Å²) in [7, 11) is 1.75. The average Bonchev–Trinajstić information content (AvgIpc) is 2.79. The second kappa shape index (κ2) is 6.19. The van der Waals surface area contributed by atoms with Gasteiger partial charge in [-0.3, -0.25) is 0 Å². The minimum atomic E-state index is -1.07. The van der Waals surface area contributed by atoms with Crippen molar-refractivity contribution in [1.82, 2.24) is 0 Å². The number of hydrogen-bond acceptors (Lipinski definition) is 4. The molecule has 1 atom stereocenters. The van der Waals surface area contributed by atoms with Crippen molar-refractivity contribution < 1.29 is 14.3 Å².